The summed E-state index contributed by atoms with van der Waals surface area (Å²) in [4.78, 5) is 27.0. The molecule has 2 aliphatic rings. The number of amides is 2. The molecule has 20 heavy (non-hydrogen) atoms. The van der Waals surface area contributed by atoms with Crippen LogP contribution in [0.5, 0.6) is 0 Å². The van der Waals surface area contributed by atoms with E-state index in [1.165, 1.54) is 0 Å². The Kier molecular flexibility index (Phi) is 5.57. The first-order valence-corrected chi connectivity index (χ1v) is 8.52. The molecule has 0 spiro atoms. The number of carboxylic acids is 1. The molecule has 2 saturated heterocycles. The predicted octanol–water partition coefficient (Wildman–Crippen LogP) is 2.12. The van der Waals surface area contributed by atoms with Crippen molar-refractivity contribution in [1.82, 2.24) is 9.80 Å². The molecule has 114 valence electrons. The Labute approximate surface area is 124 Å². The molecule has 2 atom stereocenters. The van der Waals surface area contributed by atoms with Crippen molar-refractivity contribution in [3.63, 3.8) is 0 Å². The van der Waals surface area contributed by atoms with E-state index in [4.69, 9.17) is 5.11 Å². The maximum absolute atomic E-state index is 12.5. The lowest BCUT2D eigenvalue weighted by molar-refractivity contribution is -0.137. The number of carbonyl (C=O) groups excluding carboxylic acids is 1. The first-order valence-electron chi connectivity index (χ1n) is 7.47. The molecule has 1 N–H and O–H groups in total. The van der Waals surface area contributed by atoms with E-state index in [2.05, 4.69) is 6.92 Å². The third-order valence-electron chi connectivity index (χ3n) is 4.19. The van der Waals surface area contributed by atoms with E-state index in [9.17, 15) is 9.59 Å². The van der Waals surface area contributed by atoms with Crippen molar-refractivity contribution in [2.75, 3.05) is 31.9 Å². The minimum Gasteiger partial charge on any atom is -0.481 e. The average molecular weight is 300 g/mol. The van der Waals surface area contributed by atoms with Gasteiger partial charge in [-0.15, -0.1) is 0 Å². The fraction of sp³-hybridized carbons (Fsp3) is 0.857. The zero-order valence-electron chi connectivity index (χ0n) is 12.1. The standard InChI is InChI=1S/C14H24N2O3S/c1-2-12-10-16(7-8-20-12)14(19)15-6-5-11(9-15)3-4-13(17)18/h11-12H,2-10H2,1H3,(H,17,18). The van der Waals surface area contributed by atoms with Crippen LogP contribution in [0.4, 0.5) is 4.79 Å². The van der Waals surface area contributed by atoms with Gasteiger partial charge in [0.1, 0.15) is 0 Å². The van der Waals surface area contributed by atoms with Crippen molar-refractivity contribution in [2.24, 2.45) is 5.92 Å². The van der Waals surface area contributed by atoms with E-state index < -0.39 is 5.97 Å². The predicted molar refractivity (Wildman–Crippen MR) is 80.1 cm³/mol. The molecule has 6 heteroatoms. The van der Waals surface area contributed by atoms with Crippen molar-refractivity contribution < 1.29 is 14.7 Å². The van der Waals surface area contributed by atoms with Crippen molar-refractivity contribution in [2.45, 2.75) is 37.9 Å². The number of carbonyl (C=O) groups is 2. The van der Waals surface area contributed by atoms with Crippen LogP contribution in [0.15, 0.2) is 0 Å². The summed E-state index contributed by atoms with van der Waals surface area (Å²) in [6, 6.07) is 0.154. The second kappa shape index (κ2) is 7.20. The van der Waals surface area contributed by atoms with Crippen LogP contribution < -0.4 is 0 Å². The van der Waals surface area contributed by atoms with Crippen LogP contribution in [0.25, 0.3) is 0 Å². The third-order valence-corrected chi connectivity index (χ3v) is 5.56. The van der Waals surface area contributed by atoms with Gasteiger partial charge in [-0.2, -0.15) is 11.8 Å². The molecule has 0 saturated carbocycles. The van der Waals surface area contributed by atoms with Crippen molar-refractivity contribution in [1.29, 1.82) is 0 Å². The molecule has 0 bridgehead atoms. The number of urea groups is 1. The monoisotopic (exact) mass is 300 g/mol. The number of hydrogen-bond acceptors (Lipinski definition) is 3. The molecule has 2 fully saturated rings. The fourth-order valence-electron chi connectivity index (χ4n) is 2.91. The summed E-state index contributed by atoms with van der Waals surface area (Å²) in [6.45, 7) is 5.38. The molecule has 2 heterocycles. The van der Waals surface area contributed by atoms with Gasteiger partial charge in [-0.3, -0.25) is 4.79 Å². The summed E-state index contributed by atoms with van der Waals surface area (Å²) in [7, 11) is 0. The summed E-state index contributed by atoms with van der Waals surface area (Å²) in [5.74, 6) is 0.644. The number of hydrogen-bond donors (Lipinski definition) is 1. The Morgan fingerprint density at radius 3 is 2.70 bits per heavy atom. The Bertz CT molecular complexity index is 364. The molecule has 0 aromatic rings. The number of carboxylic acid groups (broad SMARTS) is 1. The Morgan fingerprint density at radius 2 is 2.00 bits per heavy atom. The zero-order valence-corrected chi connectivity index (χ0v) is 12.9. The quantitative estimate of drug-likeness (QED) is 0.864. The van der Waals surface area contributed by atoms with E-state index in [-0.39, 0.29) is 12.5 Å². The Morgan fingerprint density at radius 1 is 1.25 bits per heavy atom. The summed E-state index contributed by atoms with van der Waals surface area (Å²) in [5.41, 5.74) is 0. The molecule has 0 radical (unpaired) electrons. The number of rotatable bonds is 4. The highest BCUT2D eigenvalue weighted by atomic mass is 32.2. The lowest BCUT2D eigenvalue weighted by Crippen LogP contribution is -2.48. The molecule has 2 aliphatic heterocycles. The van der Waals surface area contributed by atoms with Gasteiger partial charge in [0, 0.05) is 43.6 Å². The third kappa shape index (κ3) is 4.04. The van der Waals surface area contributed by atoms with E-state index in [0.717, 1.165) is 44.8 Å². The molecular formula is C14H24N2O3S. The Hall–Kier alpha value is -0.910. The van der Waals surface area contributed by atoms with Crippen LogP contribution in [0.3, 0.4) is 0 Å². The normalized spacial score (nSPS) is 26.9. The number of aliphatic carboxylic acids is 1. The fourth-order valence-corrected chi connectivity index (χ4v) is 4.09. The van der Waals surface area contributed by atoms with E-state index in [1.54, 1.807) is 0 Å². The molecular weight excluding hydrogens is 276 g/mol. The minimum atomic E-state index is -0.742. The first-order chi connectivity index (χ1) is 9.60. The van der Waals surface area contributed by atoms with Crippen LogP contribution in [-0.4, -0.2) is 64.1 Å². The highest BCUT2D eigenvalue weighted by molar-refractivity contribution is 8.00. The number of likely N-dealkylation sites (tertiary alicyclic amines) is 1. The second-order valence-electron chi connectivity index (χ2n) is 5.66. The minimum absolute atomic E-state index is 0.154. The summed E-state index contributed by atoms with van der Waals surface area (Å²) < 4.78 is 0. The molecule has 0 aromatic heterocycles. The molecule has 2 rings (SSSR count). The highest BCUT2D eigenvalue weighted by Gasteiger charge is 2.31. The van der Waals surface area contributed by atoms with Gasteiger partial charge >= 0.3 is 12.0 Å². The smallest absolute Gasteiger partial charge is 0.320 e. The van der Waals surface area contributed by atoms with Gasteiger partial charge in [0.25, 0.3) is 0 Å². The zero-order chi connectivity index (χ0) is 14.5. The van der Waals surface area contributed by atoms with Gasteiger partial charge in [-0.1, -0.05) is 6.92 Å². The SMILES string of the molecule is CCC1CN(C(=O)N2CCC(CCC(=O)O)C2)CCS1. The maximum Gasteiger partial charge on any atom is 0.320 e. The largest absolute Gasteiger partial charge is 0.481 e. The summed E-state index contributed by atoms with van der Waals surface area (Å²) >= 11 is 1.96. The molecule has 0 aromatic carbocycles. The topological polar surface area (TPSA) is 60.9 Å². The van der Waals surface area contributed by atoms with Gasteiger partial charge in [-0.05, 0) is 25.2 Å². The van der Waals surface area contributed by atoms with Crippen LogP contribution in [0.2, 0.25) is 0 Å². The molecule has 2 amide bonds. The van der Waals surface area contributed by atoms with Gasteiger partial charge in [0.2, 0.25) is 0 Å². The van der Waals surface area contributed by atoms with Crippen LogP contribution in [-0.2, 0) is 4.79 Å². The highest BCUT2D eigenvalue weighted by Crippen LogP contribution is 2.25. The molecule has 5 nitrogen and oxygen atoms in total. The summed E-state index contributed by atoms with van der Waals surface area (Å²) in [6.07, 6.45) is 2.95. The Balaban J connectivity index is 1.80. The lowest BCUT2D eigenvalue weighted by Gasteiger charge is -2.34. The number of thioether (sulfide) groups is 1. The molecule has 2 unspecified atom stereocenters. The van der Waals surface area contributed by atoms with Crippen molar-refractivity contribution in [3.8, 4) is 0 Å². The van der Waals surface area contributed by atoms with Crippen molar-refractivity contribution in [3.05, 3.63) is 0 Å². The average Bonchev–Trinajstić information content (AvgIpc) is 2.93. The maximum atomic E-state index is 12.5. The molecule has 0 aliphatic carbocycles. The van der Waals surface area contributed by atoms with Crippen molar-refractivity contribution >= 4 is 23.8 Å². The van der Waals surface area contributed by atoms with Crippen LogP contribution in [0, 0.1) is 5.92 Å². The van der Waals surface area contributed by atoms with Gasteiger partial charge < -0.3 is 14.9 Å². The van der Waals surface area contributed by atoms with E-state index >= 15 is 0 Å². The van der Waals surface area contributed by atoms with Crippen LogP contribution >= 0.6 is 11.8 Å². The second-order valence-corrected chi connectivity index (χ2v) is 7.07. The van der Waals surface area contributed by atoms with E-state index in [0.29, 0.717) is 17.6 Å². The van der Waals surface area contributed by atoms with Crippen LogP contribution in [0.1, 0.15) is 32.6 Å². The first kappa shape index (κ1) is 15.5. The van der Waals surface area contributed by atoms with E-state index in [1.807, 2.05) is 21.6 Å². The van der Waals surface area contributed by atoms with Gasteiger partial charge in [-0.25, -0.2) is 4.79 Å². The van der Waals surface area contributed by atoms with Gasteiger partial charge in [0.15, 0.2) is 0 Å². The van der Waals surface area contributed by atoms with Gasteiger partial charge in [0.05, 0.1) is 0 Å². The summed E-state index contributed by atoms with van der Waals surface area (Å²) in [5, 5.41) is 9.29. The number of nitrogens with zero attached hydrogens (tertiary/aromatic N) is 2. The lowest BCUT2D eigenvalue weighted by atomic mass is 10.0.